The quantitative estimate of drug-likeness (QED) is 0.235. The Morgan fingerprint density at radius 3 is 2.74 bits per heavy atom. The number of guanidine groups is 1. The highest BCUT2D eigenvalue weighted by Gasteiger charge is 2.07. The van der Waals surface area contributed by atoms with E-state index in [2.05, 4.69) is 44.8 Å². The Morgan fingerprint density at radius 1 is 1.22 bits per heavy atom. The lowest BCUT2D eigenvalue weighted by Crippen LogP contribution is -2.37. The molecule has 27 heavy (non-hydrogen) atoms. The topological polar surface area (TPSA) is 80.3 Å². The van der Waals surface area contributed by atoms with E-state index in [1.807, 2.05) is 29.1 Å². The first-order valence-corrected chi connectivity index (χ1v) is 8.68. The summed E-state index contributed by atoms with van der Waals surface area (Å²) in [7, 11) is 1.75. The standard InChI is InChI=1S/C19H24N6O.HI/c1-15-5-7-16(8-6-15)17-13-22-18(26-17)14-23-19(20-2)21-9-3-11-25-12-4-10-24-25;/h4-8,10,12-13H,3,9,11,14H2,1-2H3,(H2,20,21,23);1H. The third kappa shape index (κ3) is 6.38. The van der Waals surface area contributed by atoms with Gasteiger partial charge in [0.25, 0.3) is 0 Å². The fraction of sp³-hybridized carbons (Fsp3) is 0.316. The summed E-state index contributed by atoms with van der Waals surface area (Å²) in [6.45, 7) is 4.22. The highest BCUT2D eigenvalue weighted by atomic mass is 127. The van der Waals surface area contributed by atoms with Crippen molar-refractivity contribution in [3.63, 3.8) is 0 Å². The van der Waals surface area contributed by atoms with Crippen molar-refractivity contribution in [3.05, 3.63) is 60.4 Å². The average Bonchev–Trinajstić information content (AvgIpc) is 3.33. The number of benzene rings is 1. The molecule has 1 aromatic carbocycles. The molecular weight excluding hydrogens is 455 g/mol. The van der Waals surface area contributed by atoms with Crippen LogP contribution in [0.3, 0.4) is 0 Å². The minimum Gasteiger partial charge on any atom is -0.439 e. The Morgan fingerprint density at radius 2 is 2.04 bits per heavy atom. The van der Waals surface area contributed by atoms with E-state index in [1.165, 1.54) is 5.56 Å². The lowest BCUT2D eigenvalue weighted by atomic mass is 10.1. The van der Waals surface area contributed by atoms with Gasteiger partial charge in [-0.15, -0.1) is 24.0 Å². The SMILES string of the molecule is CN=C(NCCCn1cccn1)NCc1ncc(-c2ccc(C)cc2)o1.I. The van der Waals surface area contributed by atoms with Gasteiger partial charge in [-0.25, -0.2) is 4.98 Å². The van der Waals surface area contributed by atoms with Gasteiger partial charge >= 0.3 is 0 Å². The largest absolute Gasteiger partial charge is 0.439 e. The van der Waals surface area contributed by atoms with Crippen LogP contribution in [0.2, 0.25) is 0 Å². The predicted octanol–water partition coefficient (Wildman–Crippen LogP) is 3.22. The maximum absolute atomic E-state index is 5.81. The molecule has 2 heterocycles. The van der Waals surface area contributed by atoms with Gasteiger partial charge in [-0.3, -0.25) is 9.67 Å². The van der Waals surface area contributed by atoms with Gasteiger partial charge < -0.3 is 15.1 Å². The van der Waals surface area contributed by atoms with Gasteiger partial charge in [-0.1, -0.05) is 29.8 Å². The Bertz CT molecular complexity index is 826. The van der Waals surface area contributed by atoms with Crippen LogP contribution in [0.5, 0.6) is 0 Å². The maximum atomic E-state index is 5.81. The molecule has 3 rings (SSSR count). The molecule has 0 saturated heterocycles. The van der Waals surface area contributed by atoms with E-state index >= 15 is 0 Å². The molecule has 0 fully saturated rings. The molecule has 0 aliphatic rings. The summed E-state index contributed by atoms with van der Waals surface area (Å²) in [6, 6.07) is 10.1. The van der Waals surface area contributed by atoms with Crippen molar-refractivity contribution in [2.75, 3.05) is 13.6 Å². The van der Waals surface area contributed by atoms with E-state index in [-0.39, 0.29) is 24.0 Å². The number of nitrogens with one attached hydrogen (secondary N) is 2. The van der Waals surface area contributed by atoms with Gasteiger partial charge in [-0.05, 0) is 19.4 Å². The van der Waals surface area contributed by atoms with E-state index in [0.29, 0.717) is 12.4 Å². The number of hydrogen-bond acceptors (Lipinski definition) is 4. The highest BCUT2D eigenvalue weighted by Crippen LogP contribution is 2.20. The van der Waals surface area contributed by atoms with Crippen LogP contribution in [-0.2, 0) is 13.1 Å². The summed E-state index contributed by atoms with van der Waals surface area (Å²) in [5.41, 5.74) is 2.24. The van der Waals surface area contributed by atoms with Crippen LogP contribution in [0.1, 0.15) is 17.9 Å². The van der Waals surface area contributed by atoms with E-state index in [9.17, 15) is 0 Å². The zero-order chi connectivity index (χ0) is 18.2. The Balaban J connectivity index is 0.00000261. The second-order valence-corrected chi connectivity index (χ2v) is 5.96. The summed E-state index contributed by atoms with van der Waals surface area (Å²) < 4.78 is 7.73. The molecule has 8 heteroatoms. The molecule has 0 amide bonds. The maximum Gasteiger partial charge on any atom is 0.214 e. The molecular formula is C19H25IN6O. The van der Waals surface area contributed by atoms with E-state index < -0.39 is 0 Å². The van der Waals surface area contributed by atoms with Crippen LogP contribution in [0.15, 0.2) is 58.3 Å². The molecule has 0 unspecified atom stereocenters. The summed E-state index contributed by atoms with van der Waals surface area (Å²) in [5.74, 6) is 2.12. The molecule has 2 N–H and O–H groups in total. The second kappa shape index (κ2) is 10.7. The van der Waals surface area contributed by atoms with Gasteiger partial charge in [0.15, 0.2) is 11.7 Å². The number of halogens is 1. The minimum absolute atomic E-state index is 0. The van der Waals surface area contributed by atoms with Crippen LogP contribution in [-0.4, -0.2) is 34.3 Å². The zero-order valence-electron chi connectivity index (χ0n) is 15.6. The van der Waals surface area contributed by atoms with Gasteiger partial charge in [0, 0.05) is 38.1 Å². The molecule has 0 radical (unpaired) electrons. The first-order chi connectivity index (χ1) is 12.7. The number of aromatic nitrogens is 3. The number of hydrogen-bond donors (Lipinski definition) is 2. The van der Waals surface area contributed by atoms with Crippen molar-refractivity contribution in [1.29, 1.82) is 0 Å². The number of rotatable bonds is 7. The molecule has 7 nitrogen and oxygen atoms in total. The lowest BCUT2D eigenvalue weighted by molar-refractivity contribution is 0.497. The van der Waals surface area contributed by atoms with Gasteiger partial charge in [-0.2, -0.15) is 5.10 Å². The molecule has 0 saturated carbocycles. The Kier molecular flexibility index (Phi) is 8.31. The van der Waals surface area contributed by atoms with Gasteiger partial charge in [0.1, 0.15) is 0 Å². The van der Waals surface area contributed by atoms with Crippen LogP contribution in [0, 0.1) is 6.92 Å². The molecule has 2 aromatic heterocycles. The smallest absolute Gasteiger partial charge is 0.214 e. The molecule has 0 aliphatic carbocycles. The fourth-order valence-electron chi connectivity index (χ4n) is 2.50. The lowest BCUT2D eigenvalue weighted by Gasteiger charge is -2.10. The normalized spacial score (nSPS) is 11.1. The van der Waals surface area contributed by atoms with Crippen molar-refractivity contribution in [1.82, 2.24) is 25.4 Å². The molecule has 144 valence electrons. The zero-order valence-corrected chi connectivity index (χ0v) is 17.9. The van der Waals surface area contributed by atoms with E-state index in [4.69, 9.17) is 4.42 Å². The summed E-state index contributed by atoms with van der Waals surface area (Å²) in [6.07, 6.45) is 6.46. The summed E-state index contributed by atoms with van der Waals surface area (Å²) >= 11 is 0. The van der Waals surface area contributed by atoms with Crippen molar-refractivity contribution in [2.24, 2.45) is 4.99 Å². The second-order valence-electron chi connectivity index (χ2n) is 5.96. The molecule has 0 aliphatic heterocycles. The number of nitrogens with zero attached hydrogens (tertiary/aromatic N) is 4. The van der Waals surface area contributed by atoms with Gasteiger partial charge in [0.05, 0.1) is 12.7 Å². The third-order valence-electron chi connectivity index (χ3n) is 3.94. The number of oxazole rings is 1. The van der Waals surface area contributed by atoms with Crippen LogP contribution >= 0.6 is 24.0 Å². The summed E-state index contributed by atoms with van der Waals surface area (Å²) in [5, 5.41) is 10.7. The third-order valence-corrected chi connectivity index (χ3v) is 3.94. The summed E-state index contributed by atoms with van der Waals surface area (Å²) in [4.78, 5) is 8.54. The molecule has 0 spiro atoms. The first-order valence-electron chi connectivity index (χ1n) is 8.68. The van der Waals surface area contributed by atoms with Crippen LogP contribution in [0.4, 0.5) is 0 Å². The van der Waals surface area contributed by atoms with Crippen LogP contribution < -0.4 is 10.6 Å². The van der Waals surface area contributed by atoms with E-state index in [0.717, 1.165) is 36.8 Å². The molecule has 0 bridgehead atoms. The number of aliphatic imine (C=N–C) groups is 1. The predicted molar refractivity (Wildman–Crippen MR) is 117 cm³/mol. The average molecular weight is 480 g/mol. The van der Waals surface area contributed by atoms with Crippen molar-refractivity contribution in [2.45, 2.75) is 26.4 Å². The first kappa shape index (κ1) is 20.9. The van der Waals surface area contributed by atoms with Crippen molar-refractivity contribution >= 4 is 29.9 Å². The van der Waals surface area contributed by atoms with Crippen LogP contribution in [0.25, 0.3) is 11.3 Å². The fourth-order valence-corrected chi connectivity index (χ4v) is 2.50. The highest BCUT2D eigenvalue weighted by molar-refractivity contribution is 14.0. The molecule has 0 atom stereocenters. The molecule has 3 aromatic rings. The monoisotopic (exact) mass is 480 g/mol. The van der Waals surface area contributed by atoms with Crippen molar-refractivity contribution in [3.8, 4) is 11.3 Å². The minimum atomic E-state index is 0. The van der Waals surface area contributed by atoms with Crippen molar-refractivity contribution < 1.29 is 4.42 Å². The number of aryl methyl sites for hydroxylation is 2. The Labute approximate surface area is 176 Å². The Hall–Kier alpha value is -2.36. The van der Waals surface area contributed by atoms with Gasteiger partial charge in [0.2, 0.25) is 5.89 Å². The van der Waals surface area contributed by atoms with E-state index in [1.54, 1.807) is 19.4 Å².